The Kier molecular flexibility index (Phi) is 3.26. The molecule has 0 aliphatic heterocycles. The van der Waals surface area contributed by atoms with E-state index in [0.717, 1.165) is 11.1 Å². The van der Waals surface area contributed by atoms with E-state index in [-0.39, 0.29) is 11.6 Å². The maximum atomic E-state index is 11.8. The number of sulfonamides is 1. The normalized spacial score (nSPS) is 11.6. The molecule has 1 aromatic heterocycles. The fraction of sp³-hybridized carbons (Fsp3) is 0.182. The van der Waals surface area contributed by atoms with Gasteiger partial charge in [0.25, 0.3) is 10.0 Å². The second-order valence-corrected chi connectivity index (χ2v) is 5.47. The Morgan fingerprint density at radius 2 is 1.94 bits per heavy atom. The predicted molar refractivity (Wildman–Crippen MR) is 63.8 cm³/mol. The summed E-state index contributed by atoms with van der Waals surface area (Å²) < 4.78 is 26.0. The van der Waals surface area contributed by atoms with Crippen LogP contribution in [-0.4, -0.2) is 18.6 Å². The van der Waals surface area contributed by atoms with Crippen LogP contribution in [0, 0.1) is 6.92 Å². The third-order valence-corrected chi connectivity index (χ3v) is 3.68. The number of nitrogens with zero attached hydrogens (tertiary/aromatic N) is 1. The standard InChI is InChI=1S/C11H13N3O2S/c1-9-2-4-10(5-3-9)8-13-17(15,16)11-6-7-12-14-11/h2-7,13H,8H2,1H3,(H,12,14). The molecule has 0 saturated carbocycles. The molecule has 2 N–H and O–H groups in total. The molecule has 90 valence electrons. The number of aromatic nitrogens is 2. The van der Waals surface area contributed by atoms with Crippen molar-refractivity contribution in [3.05, 3.63) is 47.7 Å². The Morgan fingerprint density at radius 1 is 1.24 bits per heavy atom. The van der Waals surface area contributed by atoms with Crippen molar-refractivity contribution in [3.8, 4) is 0 Å². The molecule has 0 bridgehead atoms. The van der Waals surface area contributed by atoms with Gasteiger partial charge in [-0.2, -0.15) is 5.10 Å². The van der Waals surface area contributed by atoms with Crippen LogP contribution in [0.1, 0.15) is 11.1 Å². The molecular weight excluding hydrogens is 238 g/mol. The van der Waals surface area contributed by atoms with Crippen LogP contribution in [-0.2, 0) is 16.6 Å². The maximum Gasteiger partial charge on any atom is 0.257 e. The number of hydrogen-bond donors (Lipinski definition) is 2. The molecule has 0 spiro atoms. The summed E-state index contributed by atoms with van der Waals surface area (Å²) in [6, 6.07) is 9.09. The van der Waals surface area contributed by atoms with Crippen molar-refractivity contribution in [3.63, 3.8) is 0 Å². The fourth-order valence-electron chi connectivity index (χ4n) is 1.35. The lowest BCUT2D eigenvalue weighted by atomic mass is 10.2. The molecule has 2 rings (SSSR count). The molecule has 0 unspecified atom stereocenters. The van der Waals surface area contributed by atoms with E-state index in [1.54, 1.807) is 0 Å². The number of aromatic amines is 1. The number of rotatable bonds is 4. The van der Waals surface area contributed by atoms with Gasteiger partial charge in [-0.05, 0) is 18.6 Å². The van der Waals surface area contributed by atoms with E-state index in [1.807, 2.05) is 31.2 Å². The summed E-state index contributed by atoms with van der Waals surface area (Å²) in [4.78, 5) is 0. The van der Waals surface area contributed by atoms with Crippen LogP contribution in [0.4, 0.5) is 0 Å². The van der Waals surface area contributed by atoms with Crippen LogP contribution in [0.15, 0.2) is 41.6 Å². The summed E-state index contributed by atoms with van der Waals surface area (Å²) in [5, 5.41) is 6.11. The quantitative estimate of drug-likeness (QED) is 0.857. The lowest BCUT2D eigenvalue weighted by molar-refractivity contribution is 0.577. The van der Waals surface area contributed by atoms with Gasteiger partial charge in [0.05, 0.1) is 6.20 Å². The average Bonchev–Trinajstić information content (AvgIpc) is 2.82. The Balaban J connectivity index is 2.06. The van der Waals surface area contributed by atoms with E-state index < -0.39 is 10.0 Å². The maximum absolute atomic E-state index is 11.8. The monoisotopic (exact) mass is 251 g/mol. The van der Waals surface area contributed by atoms with Crippen LogP contribution >= 0.6 is 0 Å². The fourth-order valence-corrected chi connectivity index (χ4v) is 2.28. The summed E-state index contributed by atoms with van der Waals surface area (Å²) in [5.74, 6) is 0. The van der Waals surface area contributed by atoms with Gasteiger partial charge in [0.1, 0.15) is 0 Å². The lowest BCUT2D eigenvalue weighted by Crippen LogP contribution is -2.23. The van der Waals surface area contributed by atoms with Crippen molar-refractivity contribution in [2.45, 2.75) is 18.5 Å². The number of nitrogens with one attached hydrogen (secondary N) is 2. The first-order chi connectivity index (χ1) is 8.08. The van der Waals surface area contributed by atoms with E-state index in [0.29, 0.717) is 0 Å². The van der Waals surface area contributed by atoms with Gasteiger partial charge < -0.3 is 0 Å². The SMILES string of the molecule is Cc1ccc(CNS(=O)(=O)c2ccn[nH]2)cc1. The zero-order chi connectivity index (χ0) is 12.3. The van der Waals surface area contributed by atoms with Gasteiger partial charge >= 0.3 is 0 Å². The highest BCUT2D eigenvalue weighted by Crippen LogP contribution is 2.06. The molecule has 1 heterocycles. The zero-order valence-electron chi connectivity index (χ0n) is 9.34. The van der Waals surface area contributed by atoms with Gasteiger partial charge in [-0.15, -0.1) is 0 Å². The molecule has 5 nitrogen and oxygen atoms in total. The van der Waals surface area contributed by atoms with E-state index in [4.69, 9.17) is 0 Å². The van der Waals surface area contributed by atoms with Crippen LogP contribution in [0.3, 0.4) is 0 Å². The number of aryl methyl sites for hydroxylation is 1. The second kappa shape index (κ2) is 4.68. The van der Waals surface area contributed by atoms with Gasteiger partial charge in [-0.3, -0.25) is 5.10 Å². The molecule has 1 aromatic carbocycles. The summed E-state index contributed by atoms with van der Waals surface area (Å²) >= 11 is 0. The molecule has 17 heavy (non-hydrogen) atoms. The predicted octanol–water partition coefficient (Wildman–Crippen LogP) is 1.20. The first kappa shape index (κ1) is 11.8. The van der Waals surface area contributed by atoms with Crippen LogP contribution in [0.25, 0.3) is 0 Å². The molecule has 0 aliphatic rings. The molecule has 0 atom stereocenters. The smallest absolute Gasteiger partial charge is 0.257 e. The van der Waals surface area contributed by atoms with Crippen molar-refractivity contribution < 1.29 is 8.42 Å². The molecule has 0 radical (unpaired) electrons. The second-order valence-electron chi connectivity index (χ2n) is 3.73. The summed E-state index contributed by atoms with van der Waals surface area (Å²) in [5.41, 5.74) is 2.06. The van der Waals surface area contributed by atoms with Crippen molar-refractivity contribution in [2.24, 2.45) is 0 Å². The van der Waals surface area contributed by atoms with Gasteiger partial charge in [0, 0.05) is 6.54 Å². The number of hydrogen-bond acceptors (Lipinski definition) is 3. The molecular formula is C11H13N3O2S. The number of benzene rings is 1. The largest absolute Gasteiger partial charge is 0.266 e. The highest BCUT2D eigenvalue weighted by Gasteiger charge is 2.14. The summed E-state index contributed by atoms with van der Waals surface area (Å²) in [6.45, 7) is 2.25. The van der Waals surface area contributed by atoms with Crippen LogP contribution < -0.4 is 4.72 Å². The Bertz CT molecular complexity index is 574. The average molecular weight is 251 g/mol. The van der Waals surface area contributed by atoms with Gasteiger partial charge in [0.15, 0.2) is 5.03 Å². The van der Waals surface area contributed by atoms with E-state index in [2.05, 4.69) is 14.9 Å². The first-order valence-corrected chi connectivity index (χ1v) is 6.61. The van der Waals surface area contributed by atoms with E-state index in [9.17, 15) is 8.42 Å². The van der Waals surface area contributed by atoms with Crippen molar-refractivity contribution >= 4 is 10.0 Å². The van der Waals surface area contributed by atoms with Crippen molar-refractivity contribution in [2.75, 3.05) is 0 Å². The number of H-pyrrole nitrogens is 1. The minimum absolute atomic E-state index is 0.0737. The van der Waals surface area contributed by atoms with E-state index >= 15 is 0 Å². The van der Waals surface area contributed by atoms with Gasteiger partial charge in [-0.25, -0.2) is 13.1 Å². The lowest BCUT2D eigenvalue weighted by Gasteiger charge is -2.04. The van der Waals surface area contributed by atoms with E-state index in [1.165, 1.54) is 12.3 Å². The minimum atomic E-state index is -3.49. The highest BCUT2D eigenvalue weighted by atomic mass is 32.2. The van der Waals surface area contributed by atoms with Crippen molar-refractivity contribution in [1.29, 1.82) is 0 Å². The molecule has 0 aliphatic carbocycles. The van der Waals surface area contributed by atoms with Gasteiger partial charge in [0.2, 0.25) is 0 Å². The Labute approximate surface area is 99.9 Å². The molecule has 0 saturated heterocycles. The first-order valence-electron chi connectivity index (χ1n) is 5.12. The Morgan fingerprint density at radius 3 is 2.53 bits per heavy atom. The zero-order valence-corrected chi connectivity index (χ0v) is 10.2. The topological polar surface area (TPSA) is 74.8 Å². The van der Waals surface area contributed by atoms with Crippen molar-refractivity contribution in [1.82, 2.24) is 14.9 Å². The third-order valence-electron chi connectivity index (χ3n) is 2.35. The molecule has 2 aromatic rings. The Hall–Kier alpha value is -1.66. The summed E-state index contributed by atoms with van der Waals surface area (Å²) in [7, 11) is -3.49. The minimum Gasteiger partial charge on any atom is -0.266 e. The molecule has 0 amide bonds. The van der Waals surface area contributed by atoms with Crippen LogP contribution in [0.2, 0.25) is 0 Å². The van der Waals surface area contributed by atoms with Crippen LogP contribution in [0.5, 0.6) is 0 Å². The third kappa shape index (κ3) is 2.92. The summed E-state index contributed by atoms with van der Waals surface area (Å²) in [6.07, 6.45) is 1.40. The molecule has 0 fully saturated rings. The molecule has 6 heteroatoms. The van der Waals surface area contributed by atoms with Gasteiger partial charge in [-0.1, -0.05) is 29.8 Å². The highest BCUT2D eigenvalue weighted by molar-refractivity contribution is 7.89.